The zero-order valence-corrected chi connectivity index (χ0v) is 19.3. The van der Waals surface area contributed by atoms with Gasteiger partial charge in [-0.15, -0.1) is 0 Å². The fourth-order valence-corrected chi connectivity index (χ4v) is 6.87. The quantitative estimate of drug-likeness (QED) is 0.333. The van der Waals surface area contributed by atoms with Crippen molar-refractivity contribution in [1.29, 1.82) is 0 Å². The van der Waals surface area contributed by atoms with E-state index in [1.807, 2.05) is 78.9 Å². The highest BCUT2D eigenvalue weighted by atomic mass is 79.9. The van der Waals surface area contributed by atoms with E-state index in [0.29, 0.717) is 5.92 Å². The zero-order chi connectivity index (χ0) is 22.1. The number of rotatable bonds is 7. The summed E-state index contributed by atoms with van der Waals surface area (Å²) in [5, 5.41) is 11.3. The van der Waals surface area contributed by atoms with Gasteiger partial charge in [-0.3, -0.25) is 0 Å². The van der Waals surface area contributed by atoms with Crippen molar-refractivity contribution < 1.29 is 14.6 Å². The Balaban J connectivity index is 1.44. The van der Waals surface area contributed by atoms with Gasteiger partial charge in [-0.05, 0) is 40.9 Å². The molecule has 1 N–H and O–H groups in total. The van der Waals surface area contributed by atoms with Gasteiger partial charge < -0.3 is 14.6 Å². The average molecular weight is 491 g/mol. The molecule has 2 bridgehead atoms. The Morgan fingerprint density at radius 2 is 1.41 bits per heavy atom. The second-order valence-electron chi connectivity index (χ2n) is 8.95. The molecular formula is C28H27BrO3. The minimum atomic E-state index is -0.794. The van der Waals surface area contributed by atoms with E-state index in [0.717, 1.165) is 23.8 Å². The smallest absolute Gasteiger partial charge is 0.124 e. The first-order valence-corrected chi connectivity index (χ1v) is 12.2. The Kier molecular flexibility index (Phi) is 6.27. The van der Waals surface area contributed by atoms with Crippen molar-refractivity contribution in [2.75, 3.05) is 0 Å². The molecule has 0 unspecified atom stereocenters. The van der Waals surface area contributed by atoms with E-state index in [2.05, 4.69) is 28.1 Å². The van der Waals surface area contributed by atoms with Crippen molar-refractivity contribution in [2.24, 2.45) is 17.8 Å². The number of carbonyl (C=O) groups is 1. The Labute approximate surface area is 197 Å². The molecule has 5 rings (SSSR count). The summed E-state index contributed by atoms with van der Waals surface area (Å²) < 4.78 is 6.72. The van der Waals surface area contributed by atoms with Crippen LogP contribution < -0.4 is 0 Å². The van der Waals surface area contributed by atoms with E-state index < -0.39 is 12.2 Å². The normalized spacial score (nSPS) is 30.7. The largest absolute Gasteiger partial charge is 0.385 e. The third-order valence-corrected chi connectivity index (χ3v) is 8.46. The lowest BCUT2D eigenvalue weighted by Gasteiger charge is -2.39. The molecule has 4 heteroatoms. The third kappa shape index (κ3) is 3.85. The van der Waals surface area contributed by atoms with Gasteiger partial charge in [-0.25, -0.2) is 0 Å². The Hall–Kier alpha value is -2.27. The lowest BCUT2D eigenvalue weighted by molar-refractivity contribution is -0.123. The number of ether oxygens (including phenoxy) is 1. The first kappa shape index (κ1) is 21.6. The van der Waals surface area contributed by atoms with Gasteiger partial charge in [0.15, 0.2) is 0 Å². The van der Waals surface area contributed by atoms with Crippen LogP contribution in [0.25, 0.3) is 0 Å². The average Bonchev–Trinajstić information content (AvgIpc) is 3.39. The number of aliphatic hydroxyl groups excluding tert-OH is 1. The molecule has 0 aromatic heterocycles. The molecular weight excluding hydrogens is 464 g/mol. The van der Waals surface area contributed by atoms with Gasteiger partial charge in [-0.2, -0.15) is 0 Å². The highest BCUT2D eigenvalue weighted by Gasteiger charge is 2.58. The van der Waals surface area contributed by atoms with E-state index in [1.54, 1.807) is 0 Å². The molecule has 0 amide bonds. The van der Waals surface area contributed by atoms with Crippen molar-refractivity contribution in [3.63, 3.8) is 0 Å². The summed E-state index contributed by atoms with van der Waals surface area (Å²) in [6.45, 7) is 0. The third-order valence-electron chi connectivity index (χ3n) is 7.26. The molecule has 0 saturated heterocycles. The predicted molar refractivity (Wildman–Crippen MR) is 129 cm³/mol. The SMILES string of the molecule is O=C[C@@H]1[C@H]2C[C@H]([C@H](Br)[C@H]2O[C@@H](c2ccccc2)[C@@H](O)c2ccccc2)[C@H]1c1ccccc1. The standard InChI is InChI=1S/C28H27BrO3/c29-25-22-16-21(23(17-30)24(22)18-10-4-1-5-11-18)28(25)32-27(20-14-8-3-9-15-20)26(31)19-12-6-2-7-13-19/h1-15,17,21-28,31H,16H2/t21-,22+,23-,24-,25+,26+,27+,28+/m1/s1. The number of alkyl halides is 1. The van der Waals surface area contributed by atoms with Crippen LogP contribution in [0.4, 0.5) is 0 Å². The molecule has 0 radical (unpaired) electrons. The number of halogens is 1. The van der Waals surface area contributed by atoms with Gasteiger partial charge in [0.25, 0.3) is 0 Å². The first-order valence-electron chi connectivity index (χ1n) is 11.3. The van der Waals surface area contributed by atoms with E-state index >= 15 is 0 Å². The number of benzene rings is 3. The van der Waals surface area contributed by atoms with Crippen LogP contribution in [-0.2, 0) is 9.53 Å². The maximum absolute atomic E-state index is 12.2. The van der Waals surface area contributed by atoms with Crippen LogP contribution in [0, 0.1) is 17.8 Å². The van der Waals surface area contributed by atoms with Gasteiger partial charge in [-0.1, -0.05) is 107 Å². The summed E-state index contributed by atoms with van der Waals surface area (Å²) >= 11 is 3.94. The van der Waals surface area contributed by atoms with Gasteiger partial charge in [0, 0.05) is 10.7 Å². The zero-order valence-electron chi connectivity index (χ0n) is 17.7. The number of hydrogen-bond acceptors (Lipinski definition) is 3. The molecule has 0 spiro atoms. The van der Waals surface area contributed by atoms with Gasteiger partial charge in [0.1, 0.15) is 18.5 Å². The van der Waals surface area contributed by atoms with Crippen molar-refractivity contribution >= 4 is 22.2 Å². The number of hydrogen-bond donors (Lipinski definition) is 1. The topological polar surface area (TPSA) is 46.5 Å². The van der Waals surface area contributed by atoms with Crippen LogP contribution in [0.1, 0.15) is 41.2 Å². The highest BCUT2D eigenvalue weighted by molar-refractivity contribution is 9.09. The van der Waals surface area contributed by atoms with E-state index in [4.69, 9.17) is 4.74 Å². The maximum Gasteiger partial charge on any atom is 0.124 e. The van der Waals surface area contributed by atoms with Gasteiger partial charge in [0.05, 0.1) is 6.10 Å². The number of aldehydes is 1. The molecule has 0 heterocycles. The van der Waals surface area contributed by atoms with Crippen molar-refractivity contribution in [3.05, 3.63) is 108 Å². The van der Waals surface area contributed by atoms with Gasteiger partial charge >= 0.3 is 0 Å². The summed E-state index contributed by atoms with van der Waals surface area (Å²) in [5.41, 5.74) is 2.99. The molecule has 3 nitrogen and oxygen atoms in total. The lowest BCUT2D eigenvalue weighted by Crippen LogP contribution is -2.41. The van der Waals surface area contributed by atoms with Crippen LogP contribution in [0.3, 0.4) is 0 Å². The lowest BCUT2D eigenvalue weighted by atomic mass is 9.75. The molecule has 0 aliphatic heterocycles. The molecule has 2 saturated carbocycles. The predicted octanol–water partition coefficient (Wildman–Crippen LogP) is 5.86. The molecule has 2 fully saturated rings. The summed E-state index contributed by atoms with van der Waals surface area (Å²) in [6.07, 6.45) is 0.635. The summed E-state index contributed by atoms with van der Waals surface area (Å²) in [6, 6.07) is 29.9. The fraction of sp³-hybridized carbons (Fsp3) is 0.321. The second-order valence-corrected chi connectivity index (χ2v) is 10.0. The maximum atomic E-state index is 12.2. The molecule has 8 atom stereocenters. The summed E-state index contributed by atoms with van der Waals surface area (Å²) in [7, 11) is 0. The Morgan fingerprint density at radius 3 is 2.00 bits per heavy atom. The second kappa shape index (κ2) is 9.30. The minimum Gasteiger partial charge on any atom is -0.385 e. The molecule has 3 aromatic carbocycles. The molecule has 2 aliphatic rings. The summed E-state index contributed by atoms with van der Waals surface area (Å²) in [5.74, 6) is 0.581. The van der Waals surface area contributed by atoms with Crippen LogP contribution >= 0.6 is 15.9 Å². The molecule has 3 aromatic rings. The van der Waals surface area contributed by atoms with Gasteiger partial charge in [0.2, 0.25) is 0 Å². The monoisotopic (exact) mass is 490 g/mol. The summed E-state index contributed by atoms with van der Waals surface area (Å²) in [4.78, 5) is 12.4. The van der Waals surface area contributed by atoms with Crippen molar-refractivity contribution in [2.45, 2.75) is 35.5 Å². The van der Waals surface area contributed by atoms with Crippen LogP contribution in [0.5, 0.6) is 0 Å². The van der Waals surface area contributed by atoms with Crippen LogP contribution in [0.15, 0.2) is 91.0 Å². The van der Waals surface area contributed by atoms with E-state index in [-0.39, 0.29) is 28.7 Å². The molecule has 32 heavy (non-hydrogen) atoms. The number of carbonyl (C=O) groups excluding carboxylic acids is 1. The van der Waals surface area contributed by atoms with Crippen LogP contribution in [0.2, 0.25) is 0 Å². The highest BCUT2D eigenvalue weighted by Crippen LogP contribution is 2.60. The van der Waals surface area contributed by atoms with E-state index in [1.165, 1.54) is 5.56 Å². The number of aliphatic hydroxyl groups is 1. The van der Waals surface area contributed by atoms with Crippen LogP contribution in [-0.4, -0.2) is 22.3 Å². The van der Waals surface area contributed by atoms with Crippen molar-refractivity contribution in [1.82, 2.24) is 0 Å². The molecule has 2 aliphatic carbocycles. The Bertz CT molecular complexity index is 1030. The Morgan fingerprint density at radius 1 is 0.844 bits per heavy atom. The first-order chi connectivity index (χ1) is 15.7. The molecule has 164 valence electrons. The number of fused-ring (bicyclic) bond motifs is 2. The minimum absolute atomic E-state index is 0.0773. The van der Waals surface area contributed by atoms with Crippen molar-refractivity contribution in [3.8, 4) is 0 Å². The van der Waals surface area contributed by atoms with E-state index in [9.17, 15) is 9.90 Å². The fourth-order valence-electron chi connectivity index (χ4n) is 5.81.